The van der Waals surface area contributed by atoms with E-state index in [1.165, 1.54) is 77.0 Å². The van der Waals surface area contributed by atoms with Crippen molar-refractivity contribution >= 4 is 0 Å². The second kappa shape index (κ2) is 8.67. The summed E-state index contributed by atoms with van der Waals surface area (Å²) in [4.78, 5) is 0. The zero-order chi connectivity index (χ0) is 16.0. The molecule has 2 heteroatoms. The summed E-state index contributed by atoms with van der Waals surface area (Å²) >= 11 is 0. The van der Waals surface area contributed by atoms with Crippen molar-refractivity contribution in [3.63, 3.8) is 0 Å². The first-order valence-corrected chi connectivity index (χ1v) is 10.3. The minimum Gasteiger partial charge on any atom is -0.348 e. The van der Waals surface area contributed by atoms with Crippen molar-refractivity contribution in [1.82, 2.24) is 0 Å². The van der Waals surface area contributed by atoms with E-state index in [-0.39, 0.29) is 5.79 Å². The monoisotopic (exact) mass is 320 g/mol. The number of hydrogen-bond donors (Lipinski definition) is 0. The van der Waals surface area contributed by atoms with E-state index in [0.29, 0.717) is 0 Å². The quantitative estimate of drug-likeness (QED) is 0.431. The normalized spacial score (nSPS) is 27.8. The van der Waals surface area contributed by atoms with Crippen LogP contribution in [0.2, 0.25) is 0 Å². The predicted molar refractivity (Wildman–Crippen MR) is 95.5 cm³/mol. The summed E-state index contributed by atoms with van der Waals surface area (Å²) in [6.07, 6.45) is 18.9. The Morgan fingerprint density at radius 2 is 1.43 bits per heavy atom. The highest BCUT2D eigenvalue weighted by Gasteiger charge is 2.39. The van der Waals surface area contributed by atoms with Gasteiger partial charge in [-0.1, -0.05) is 56.6 Å². The molecule has 0 unspecified atom stereocenters. The standard InChI is InChI=1S/C21H36O2/c1-2-3-4-5-6-7-18-8-10-19(11-9-18)20-12-14-21(15-13-20)22-16-17-23-21/h18H,2-17H2,1H3. The van der Waals surface area contributed by atoms with Gasteiger partial charge in [-0.15, -0.1) is 0 Å². The van der Waals surface area contributed by atoms with Crippen LogP contribution >= 0.6 is 0 Å². The summed E-state index contributed by atoms with van der Waals surface area (Å²) < 4.78 is 11.7. The molecule has 1 heterocycles. The largest absolute Gasteiger partial charge is 0.348 e. The summed E-state index contributed by atoms with van der Waals surface area (Å²) in [5, 5.41) is 0. The molecule has 132 valence electrons. The molecule has 0 N–H and O–H groups in total. The molecule has 2 aliphatic carbocycles. The van der Waals surface area contributed by atoms with Crippen LogP contribution in [-0.2, 0) is 9.47 Å². The Morgan fingerprint density at radius 3 is 2.09 bits per heavy atom. The van der Waals surface area contributed by atoms with Crippen LogP contribution in [-0.4, -0.2) is 19.0 Å². The summed E-state index contributed by atoms with van der Waals surface area (Å²) in [6, 6.07) is 0. The van der Waals surface area contributed by atoms with Gasteiger partial charge in [0, 0.05) is 12.8 Å². The smallest absolute Gasteiger partial charge is 0.169 e. The Labute approximate surface area is 143 Å². The molecule has 0 bridgehead atoms. The first-order valence-electron chi connectivity index (χ1n) is 10.3. The summed E-state index contributed by atoms with van der Waals surface area (Å²) in [5.74, 6) is 0.817. The molecule has 2 saturated carbocycles. The van der Waals surface area contributed by atoms with Crippen molar-refractivity contribution in [2.24, 2.45) is 5.92 Å². The Morgan fingerprint density at radius 1 is 0.826 bits per heavy atom. The van der Waals surface area contributed by atoms with Gasteiger partial charge in [0.15, 0.2) is 5.79 Å². The fraction of sp³-hybridized carbons (Fsp3) is 0.905. The van der Waals surface area contributed by atoms with E-state index in [0.717, 1.165) is 32.0 Å². The number of hydrogen-bond acceptors (Lipinski definition) is 2. The third-order valence-electron chi connectivity index (χ3n) is 6.35. The molecule has 3 rings (SSSR count). The van der Waals surface area contributed by atoms with E-state index >= 15 is 0 Å². The molecule has 0 amide bonds. The summed E-state index contributed by atoms with van der Waals surface area (Å²) in [5.41, 5.74) is 3.57. The van der Waals surface area contributed by atoms with Gasteiger partial charge in [0.25, 0.3) is 0 Å². The third kappa shape index (κ3) is 4.82. The molecule has 0 aromatic carbocycles. The molecule has 3 aliphatic rings. The molecular weight excluding hydrogens is 284 g/mol. The fourth-order valence-corrected chi connectivity index (χ4v) is 4.78. The predicted octanol–water partition coefficient (Wildman–Crippen LogP) is 6.15. The molecule has 0 atom stereocenters. The number of rotatable bonds is 6. The number of allylic oxidation sites excluding steroid dienone is 2. The van der Waals surface area contributed by atoms with Crippen LogP contribution in [0.25, 0.3) is 0 Å². The van der Waals surface area contributed by atoms with Gasteiger partial charge in [-0.05, 0) is 44.4 Å². The van der Waals surface area contributed by atoms with Gasteiger partial charge in [0.2, 0.25) is 0 Å². The van der Waals surface area contributed by atoms with Crippen LogP contribution in [0.1, 0.15) is 96.8 Å². The highest BCUT2D eigenvalue weighted by molar-refractivity contribution is 5.19. The highest BCUT2D eigenvalue weighted by atomic mass is 16.7. The molecule has 1 saturated heterocycles. The lowest BCUT2D eigenvalue weighted by atomic mass is 9.78. The van der Waals surface area contributed by atoms with E-state index in [4.69, 9.17) is 9.47 Å². The summed E-state index contributed by atoms with van der Waals surface area (Å²) in [6.45, 7) is 3.89. The van der Waals surface area contributed by atoms with Crippen molar-refractivity contribution in [3.05, 3.63) is 11.1 Å². The van der Waals surface area contributed by atoms with E-state index in [2.05, 4.69) is 6.92 Å². The Balaban J connectivity index is 1.37. The first-order chi connectivity index (χ1) is 11.3. The lowest BCUT2D eigenvalue weighted by Gasteiger charge is -2.35. The number of ether oxygens (including phenoxy) is 2. The van der Waals surface area contributed by atoms with Gasteiger partial charge in [0.05, 0.1) is 13.2 Å². The Kier molecular flexibility index (Phi) is 6.59. The SMILES string of the molecule is CCCCCCCC1CCC(=C2CCC3(CC2)OCCO3)CC1. The average molecular weight is 321 g/mol. The minimum absolute atomic E-state index is 0.195. The van der Waals surface area contributed by atoms with Crippen LogP contribution in [0.5, 0.6) is 0 Å². The second-order valence-electron chi connectivity index (χ2n) is 7.96. The second-order valence-corrected chi connectivity index (χ2v) is 7.96. The van der Waals surface area contributed by atoms with Gasteiger partial charge in [-0.25, -0.2) is 0 Å². The molecule has 2 nitrogen and oxygen atoms in total. The molecular formula is C21H36O2. The van der Waals surface area contributed by atoms with Crippen molar-refractivity contribution in [3.8, 4) is 0 Å². The highest BCUT2D eigenvalue weighted by Crippen LogP contribution is 2.42. The molecule has 23 heavy (non-hydrogen) atoms. The minimum atomic E-state index is -0.195. The molecule has 1 spiro atoms. The lowest BCUT2D eigenvalue weighted by Crippen LogP contribution is -2.33. The van der Waals surface area contributed by atoms with E-state index in [1.54, 1.807) is 11.1 Å². The van der Waals surface area contributed by atoms with Gasteiger partial charge in [0.1, 0.15) is 0 Å². The maximum absolute atomic E-state index is 5.86. The van der Waals surface area contributed by atoms with Crippen LogP contribution in [0, 0.1) is 5.92 Å². The fourth-order valence-electron chi connectivity index (χ4n) is 4.78. The first kappa shape index (κ1) is 17.5. The molecule has 1 aliphatic heterocycles. The summed E-state index contributed by atoms with van der Waals surface area (Å²) in [7, 11) is 0. The van der Waals surface area contributed by atoms with Crippen molar-refractivity contribution in [2.45, 2.75) is 103 Å². The maximum atomic E-state index is 5.86. The van der Waals surface area contributed by atoms with Gasteiger partial charge < -0.3 is 9.47 Å². The number of unbranched alkanes of at least 4 members (excludes halogenated alkanes) is 4. The van der Waals surface area contributed by atoms with Crippen LogP contribution in [0.4, 0.5) is 0 Å². The van der Waals surface area contributed by atoms with Crippen molar-refractivity contribution in [2.75, 3.05) is 13.2 Å². The van der Waals surface area contributed by atoms with Gasteiger partial charge in [-0.2, -0.15) is 0 Å². The molecule has 0 aromatic rings. The van der Waals surface area contributed by atoms with Crippen LogP contribution in [0.15, 0.2) is 11.1 Å². The van der Waals surface area contributed by atoms with E-state index in [1.807, 2.05) is 0 Å². The zero-order valence-corrected chi connectivity index (χ0v) is 15.2. The van der Waals surface area contributed by atoms with Crippen molar-refractivity contribution in [1.29, 1.82) is 0 Å². The molecule has 0 aromatic heterocycles. The lowest BCUT2D eigenvalue weighted by molar-refractivity contribution is -0.171. The van der Waals surface area contributed by atoms with Crippen molar-refractivity contribution < 1.29 is 9.47 Å². The van der Waals surface area contributed by atoms with Crippen LogP contribution in [0.3, 0.4) is 0 Å². The van der Waals surface area contributed by atoms with Crippen LogP contribution < -0.4 is 0 Å². The van der Waals surface area contributed by atoms with Gasteiger partial charge >= 0.3 is 0 Å². The average Bonchev–Trinajstić information content (AvgIpc) is 3.04. The topological polar surface area (TPSA) is 18.5 Å². The zero-order valence-electron chi connectivity index (χ0n) is 15.2. The van der Waals surface area contributed by atoms with E-state index in [9.17, 15) is 0 Å². The third-order valence-corrected chi connectivity index (χ3v) is 6.35. The Hall–Kier alpha value is -0.340. The Bertz CT molecular complexity index is 371. The molecule has 0 radical (unpaired) electrons. The van der Waals surface area contributed by atoms with E-state index < -0.39 is 0 Å². The van der Waals surface area contributed by atoms with Gasteiger partial charge in [-0.3, -0.25) is 0 Å². The molecule has 3 fully saturated rings. The maximum Gasteiger partial charge on any atom is 0.169 e.